The largest absolute Gasteiger partial charge is 0.467 e. The van der Waals surface area contributed by atoms with Gasteiger partial charge in [0.15, 0.2) is 0 Å². The summed E-state index contributed by atoms with van der Waals surface area (Å²) in [6.07, 6.45) is 1.26. The molecule has 0 bridgehead atoms. The number of nitrogens with one attached hydrogen (secondary N) is 2. The Kier molecular flexibility index (Phi) is 5.32. The quantitative estimate of drug-likeness (QED) is 0.866. The fourth-order valence-corrected chi connectivity index (χ4v) is 2.09. The van der Waals surface area contributed by atoms with Crippen LogP contribution in [-0.2, 0) is 17.8 Å². The van der Waals surface area contributed by atoms with Gasteiger partial charge in [-0.3, -0.25) is 0 Å². The van der Waals surface area contributed by atoms with E-state index >= 15 is 0 Å². The molecule has 1 aromatic heterocycles. The van der Waals surface area contributed by atoms with Crippen LogP contribution in [0.4, 0.5) is 10.5 Å². The highest BCUT2D eigenvalue weighted by molar-refractivity contribution is 5.68. The molecule has 0 saturated carbocycles. The first kappa shape index (κ1) is 16.9. The molecule has 0 aliphatic rings. The van der Waals surface area contributed by atoms with Crippen molar-refractivity contribution in [1.82, 2.24) is 5.32 Å². The summed E-state index contributed by atoms with van der Waals surface area (Å²) in [6.45, 7) is 8.53. The van der Waals surface area contributed by atoms with Crippen molar-refractivity contribution >= 4 is 11.8 Å². The summed E-state index contributed by atoms with van der Waals surface area (Å²) < 4.78 is 10.7. The Morgan fingerprint density at radius 3 is 2.57 bits per heavy atom. The Bertz CT molecular complexity index is 656. The van der Waals surface area contributed by atoms with Crippen LogP contribution >= 0.6 is 0 Å². The lowest BCUT2D eigenvalue weighted by Crippen LogP contribution is -2.32. The number of hydrogen-bond acceptors (Lipinski definition) is 4. The number of ether oxygens (including phenoxy) is 1. The van der Waals surface area contributed by atoms with E-state index in [1.165, 1.54) is 0 Å². The van der Waals surface area contributed by atoms with Gasteiger partial charge >= 0.3 is 6.09 Å². The first-order valence-corrected chi connectivity index (χ1v) is 7.67. The summed E-state index contributed by atoms with van der Waals surface area (Å²) in [7, 11) is 0. The fourth-order valence-electron chi connectivity index (χ4n) is 2.09. The molecule has 0 radical (unpaired) electrons. The molecule has 0 aliphatic carbocycles. The number of para-hydroxylation sites is 1. The number of carbonyl (C=O) groups excluding carboxylic acids is 1. The van der Waals surface area contributed by atoms with E-state index < -0.39 is 11.7 Å². The van der Waals surface area contributed by atoms with Crippen LogP contribution in [0.3, 0.4) is 0 Å². The lowest BCUT2D eigenvalue weighted by atomic mass is 10.1. The maximum absolute atomic E-state index is 11.8. The molecule has 0 saturated heterocycles. The van der Waals surface area contributed by atoms with Crippen molar-refractivity contribution in [2.24, 2.45) is 0 Å². The van der Waals surface area contributed by atoms with Gasteiger partial charge in [-0.25, -0.2) is 4.79 Å². The molecule has 1 aromatic carbocycles. The molecule has 2 N–H and O–H groups in total. The Balaban J connectivity index is 1.95. The smallest absolute Gasteiger partial charge is 0.407 e. The van der Waals surface area contributed by atoms with Gasteiger partial charge in [0, 0.05) is 12.2 Å². The van der Waals surface area contributed by atoms with E-state index in [9.17, 15) is 4.79 Å². The number of anilines is 1. The molecule has 124 valence electrons. The van der Waals surface area contributed by atoms with E-state index in [0.29, 0.717) is 13.1 Å². The minimum absolute atomic E-state index is 0.398. The first-order valence-electron chi connectivity index (χ1n) is 7.67. The molecule has 0 spiro atoms. The second-order valence-electron chi connectivity index (χ2n) is 6.39. The van der Waals surface area contributed by atoms with Gasteiger partial charge in [-0.2, -0.15) is 0 Å². The summed E-state index contributed by atoms with van der Waals surface area (Å²) in [5.74, 6) is 0.903. The van der Waals surface area contributed by atoms with Crippen LogP contribution in [0.1, 0.15) is 37.7 Å². The van der Waals surface area contributed by atoms with Gasteiger partial charge in [0.2, 0.25) is 0 Å². The highest BCUT2D eigenvalue weighted by atomic mass is 16.6. The van der Waals surface area contributed by atoms with Crippen LogP contribution in [-0.4, -0.2) is 11.7 Å². The second kappa shape index (κ2) is 7.22. The summed E-state index contributed by atoms with van der Waals surface area (Å²) in [5.41, 5.74) is 2.56. The van der Waals surface area contributed by atoms with Gasteiger partial charge < -0.3 is 19.8 Å². The molecule has 0 unspecified atom stereocenters. The van der Waals surface area contributed by atoms with Crippen molar-refractivity contribution in [2.75, 3.05) is 5.32 Å². The minimum atomic E-state index is -0.501. The minimum Gasteiger partial charge on any atom is -0.467 e. The standard InChI is InChI=1S/C18H24N2O3/c1-13-9-10-22-16(13)12-19-15-8-6-5-7-14(15)11-20-17(21)23-18(2,3)4/h5-10,19H,11-12H2,1-4H3,(H,20,21). The molecule has 2 rings (SSSR count). The first-order chi connectivity index (χ1) is 10.8. The number of aryl methyl sites for hydroxylation is 1. The van der Waals surface area contributed by atoms with Crippen LogP contribution in [0.25, 0.3) is 0 Å². The third kappa shape index (κ3) is 5.36. The topological polar surface area (TPSA) is 63.5 Å². The number of amides is 1. The van der Waals surface area contributed by atoms with Crippen molar-refractivity contribution in [3.63, 3.8) is 0 Å². The van der Waals surface area contributed by atoms with Crippen molar-refractivity contribution in [2.45, 2.75) is 46.4 Å². The molecule has 5 heteroatoms. The van der Waals surface area contributed by atoms with Gasteiger partial charge in [-0.1, -0.05) is 18.2 Å². The van der Waals surface area contributed by atoms with Gasteiger partial charge in [0.25, 0.3) is 0 Å². The third-order valence-corrected chi connectivity index (χ3v) is 3.25. The molecule has 5 nitrogen and oxygen atoms in total. The number of hydrogen-bond donors (Lipinski definition) is 2. The van der Waals surface area contributed by atoms with E-state index in [2.05, 4.69) is 10.6 Å². The average Bonchev–Trinajstić information content (AvgIpc) is 2.87. The second-order valence-corrected chi connectivity index (χ2v) is 6.39. The van der Waals surface area contributed by atoms with Gasteiger partial charge in [-0.05, 0) is 51.0 Å². The average molecular weight is 316 g/mol. The molecule has 2 aromatic rings. The SMILES string of the molecule is Cc1ccoc1CNc1ccccc1CNC(=O)OC(C)(C)C. The molecule has 0 aliphatic heterocycles. The fraction of sp³-hybridized carbons (Fsp3) is 0.389. The number of alkyl carbamates (subject to hydrolysis) is 1. The van der Waals surface area contributed by atoms with Crippen LogP contribution < -0.4 is 10.6 Å². The molecule has 0 atom stereocenters. The van der Waals surface area contributed by atoms with Gasteiger partial charge in [-0.15, -0.1) is 0 Å². The zero-order chi connectivity index (χ0) is 16.9. The van der Waals surface area contributed by atoms with Crippen molar-refractivity contribution < 1.29 is 13.9 Å². The maximum Gasteiger partial charge on any atom is 0.407 e. The number of furan rings is 1. The van der Waals surface area contributed by atoms with Gasteiger partial charge in [0.1, 0.15) is 11.4 Å². The molecular weight excluding hydrogens is 292 g/mol. The zero-order valence-corrected chi connectivity index (χ0v) is 14.1. The molecular formula is C18H24N2O3. The summed E-state index contributed by atoms with van der Waals surface area (Å²) >= 11 is 0. The van der Waals surface area contributed by atoms with Crippen molar-refractivity contribution in [3.8, 4) is 0 Å². The van der Waals surface area contributed by atoms with E-state index in [0.717, 1.165) is 22.6 Å². The van der Waals surface area contributed by atoms with Crippen molar-refractivity contribution in [3.05, 3.63) is 53.5 Å². The van der Waals surface area contributed by atoms with E-state index in [1.54, 1.807) is 6.26 Å². The predicted octanol–water partition coefficient (Wildman–Crippen LogP) is 4.22. The Hall–Kier alpha value is -2.43. The molecule has 0 fully saturated rings. The summed E-state index contributed by atoms with van der Waals surface area (Å²) in [5, 5.41) is 6.12. The monoisotopic (exact) mass is 316 g/mol. The maximum atomic E-state index is 11.8. The predicted molar refractivity (Wildman–Crippen MR) is 90.3 cm³/mol. The molecule has 23 heavy (non-hydrogen) atoms. The Morgan fingerprint density at radius 1 is 1.17 bits per heavy atom. The van der Waals surface area contributed by atoms with Gasteiger partial charge in [0.05, 0.1) is 12.8 Å². The van der Waals surface area contributed by atoms with E-state index in [1.807, 2.05) is 58.0 Å². The zero-order valence-electron chi connectivity index (χ0n) is 14.1. The number of benzene rings is 1. The third-order valence-electron chi connectivity index (χ3n) is 3.25. The highest BCUT2D eigenvalue weighted by Crippen LogP contribution is 2.18. The van der Waals surface area contributed by atoms with Crippen LogP contribution in [0.2, 0.25) is 0 Å². The molecule has 1 heterocycles. The Morgan fingerprint density at radius 2 is 1.91 bits per heavy atom. The van der Waals surface area contributed by atoms with Crippen LogP contribution in [0.15, 0.2) is 41.0 Å². The lowest BCUT2D eigenvalue weighted by molar-refractivity contribution is 0.0523. The summed E-state index contributed by atoms with van der Waals surface area (Å²) in [4.78, 5) is 11.8. The van der Waals surface area contributed by atoms with Crippen LogP contribution in [0, 0.1) is 6.92 Å². The van der Waals surface area contributed by atoms with E-state index in [4.69, 9.17) is 9.15 Å². The number of carbonyl (C=O) groups is 1. The molecule has 1 amide bonds. The highest BCUT2D eigenvalue weighted by Gasteiger charge is 2.16. The Labute approximate surface area is 137 Å². The van der Waals surface area contributed by atoms with Crippen molar-refractivity contribution in [1.29, 1.82) is 0 Å². The lowest BCUT2D eigenvalue weighted by Gasteiger charge is -2.20. The van der Waals surface area contributed by atoms with E-state index in [-0.39, 0.29) is 0 Å². The normalized spacial score (nSPS) is 11.1. The number of rotatable bonds is 5. The summed E-state index contributed by atoms with van der Waals surface area (Å²) in [6, 6.07) is 9.77. The van der Waals surface area contributed by atoms with Crippen LogP contribution in [0.5, 0.6) is 0 Å².